The molecule has 0 unspecified atom stereocenters. The minimum Gasteiger partial charge on any atom is -0.339 e. The molecule has 0 radical (unpaired) electrons. The fraction of sp³-hybridized carbons (Fsp3) is 0.700. The molecule has 0 aromatic carbocycles. The fourth-order valence-electron chi connectivity index (χ4n) is 1.24. The van der Waals surface area contributed by atoms with E-state index in [2.05, 4.69) is 15.2 Å². The summed E-state index contributed by atoms with van der Waals surface area (Å²) in [4.78, 5) is 17.5. The quantitative estimate of drug-likeness (QED) is 0.817. The standard InChI is InChI=1S/C10H18N4O/c1-5-6-14(4)10(15)9-11-8(7(2)3)12-13-9/h7H,5-6H2,1-4H3,(H,11,12,13). The first kappa shape index (κ1) is 11.7. The molecule has 1 heterocycles. The molecule has 0 spiro atoms. The van der Waals surface area contributed by atoms with Crippen LogP contribution in [-0.4, -0.2) is 39.6 Å². The zero-order valence-corrected chi connectivity index (χ0v) is 9.74. The topological polar surface area (TPSA) is 61.9 Å². The Labute approximate surface area is 89.9 Å². The number of rotatable bonds is 4. The molecule has 0 saturated heterocycles. The van der Waals surface area contributed by atoms with Crippen molar-refractivity contribution in [1.82, 2.24) is 20.1 Å². The van der Waals surface area contributed by atoms with Gasteiger partial charge in [0.05, 0.1) is 0 Å². The average Bonchev–Trinajstić information content (AvgIpc) is 2.65. The zero-order chi connectivity index (χ0) is 11.4. The highest BCUT2D eigenvalue weighted by molar-refractivity contribution is 5.90. The van der Waals surface area contributed by atoms with E-state index < -0.39 is 0 Å². The molecule has 1 aromatic heterocycles. The third-order valence-electron chi connectivity index (χ3n) is 2.15. The predicted octanol–water partition coefficient (Wildman–Crippen LogP) is 1.41. The second-order valence-electron chi connectivity index (χ2n) is 3.93. The van der Waals surface area contributed by atoms with Gasteiger partial charge >= 0.3 is 0 Å². The zero-order valence-electron chi connectivity index (χ0n) is 9.74. The predicted molar refractivity (Wildman–Crippen MR) is 57.7 cm³/mol. The van der Waals surface area contributed by atoms with Crippen molar-refractivity contribution in [2.24, 2.45) is 0 Å². The molecule has 0 atom stereocenters. The van der Waals surface area contributed by atoms with Crippen LogP contribution in [0.3, 0.4) is 0 Å². The Morgan fingerprint density at radius 1 is 1.53 bits per heavy atom. The lowest BCUT2D eigenvalue weighted by Crippen LogP contribution is -2.28. The van der Waals surface area contributed by atoms with Gasteiger partial charge < -0.3 is 4.90 Å². The number of amides is 1. The van der Waals surface area contributed by atoms with Gasteiger partial charge in [0.15, 0.2) is 0 Å². The van der Waals surface area contributed by atoms with Crippen molar-refractivity contribution >= 4 is 5.91 Å². The molecular formula is C10H18N4O. The van der Waals surface area contributed by atoms with Crippen LogP contribution in [0.5, 0.6) is 0 Å². The summed E-state index contributed by atoms with van der Waals surface area (Å²) >= 11 is 0. The summed E-state index contributed by atoms with van der Waals surface area (Å²) in [5.41, 5.74) is 0. The maximum atomic E-state index is 11.8. The van der Waals surface area contributed by atoms with Gasteiger partial charge in [-0.1, -0.05) is 20.8 Å². The van der Waals surface area contributed by atoms with Gasteiger partial charge in [-0.05, 0) is 6.42 Å². The number of carbonyl (C=O) groups is 1. The first-order chi connectivity index (χ1) is 7.06. The molecule has 0 saturated carbocycles. The SMILES string of the molecule is CCCN(C)C(=O)c1n[nH]c(C(C)C)n1. The van der Waals surface area contributed by atoms with E-state index >= 15 is 0 Å². The van der Waals surface area contributed by atoms with Gasteiger partial charge in [-0.2, -0.15) is 0 Å². The summed E-state index contributed by atoms with van der Waals surface area (Å²) in [5.74, 6) is 1.15. The second-order valence-corrected chi connectivity index (χ2v) is 3.93. The summed E-state index contributed by atoms with van der Waals surface area (Å²) < 4.78 is 0. The smallest absolute Gasteiger partial charge is 0.293 e. The van der Waals surface area contributed by atoms with Crippen LogP contribution in [0.15, 0.2) is 0 Å². The van der Waals surface area contributed by atoms with Crippen LogP contribution in [0.25, 0.3) is 0 Å². The van der Waals surface area contributed by atoms with E-state index in [1.807, 2.05) is 20.8 Å². The van der Waals surface area contributed by atoms with Crippen LogP contribution < -0.4 is 0 Å². The summed E-state index contributed by atoms with van der Waals surface area (Å²) in [6.07, 6.45) is 0.934. The lowest BCUT2D eigenvalue weighted by atomic mass is 10.2. The van der Waals surface area contributed by atoms with Crippen molar-refractivity contribution in [3.05, 3.63) is 11.6 Å². The van der Waals surface area contributed by atoms with E-state index in [0.717, 1.165) is 18.8 Å². The number of carbonyl (C=O) groups excluding carboxylic acids is 1. The summed E-state index contributed by atoms with van der Waals surface area (Å²) in [7, 11) is 1.76. The Balaban J connectivity index is 2.74. The monoisotopic (exact) mass is 210 g/mol. The van der Waals surface area contributed by atoms with Crippen molar-refractivity contribution < 1.29 is 4.79 Å². The van der Waals surface area contributed by atoms with Gasteiger partial charge in [-0.25, -0.2) is 4.98 Å². The molecular weight excluding hydrogens is 192 g/mol. The summed E-state index contributed by atoms with van der Waals surface area (Å²) in [5, 5.41) is 6.69. The third kappa shape index (κ3) is 2.78. The van der Waals surface area contributed by atoms with E-state index in [-0.39, 0.29) is 17.6 Å². The molecule has 5 nitrogen and oxygen atoms in total. The molecule has 0 bridgehead atoms. The summed E-state index contributed by atoms with van der Waals surface area (Å²) in [6, 6.07) is 0. The minimum atomic E-state index is -0.125. The first-order valence-electron chi connectivity index (χ1n) is 5.24. The minimum absolute atomic E-state index is 0.125. The van der Waals surface area contributed by atoms with Crippen molar-refractivity contribution in [2.45, 2.75) is 33.1 Å². The highest BCUT2D eigenvalue weighted by Crippen LogP contribution is 2.08. The lowest BCUT2D eigenvalue weighted by Gasteiger charge is -2.13. The molecule has 0 aliphatic rings. The number of hydrogen-bond donors (Lipinski definition) is 1. The van der Waals surface area contributed by atoms with Crippen LogP contribution in [0, 0.1) is 0 Å². The third-order valence-corrected chi connectivity index (χ3v) is 2.15. The van der Waals surface area contributed by atoms with Gasteiger partial charge in [0.2, 0.25) is 5.82 Å². The number of aromatic amines is 1. The summed E-state index contributed by atoms with van der Waals surface area (Å²) in [6.45, 7) is 6.76. The Morgan fingerprint density at radius 3 is 2.67 bits per heavy atom. The van der Waals surface area contributed by atoms with E-state index in [0.29, 0.717) is 0 Å². The number of aromatic nitrogens is 3. The molecule has 15 heavy (non-hydrogen) atoms. The van der Waals surface area contributed by atoms with Gasteiger partial charge in [-0.3, -0.25) is 9.89 Å². The van der Waals surface area contributed by atoms with Crippen LogP contribution in [0.4, 0.5) is 0 Å². The molecule has 0 aliphatic carbocycles. The number of H-pyrrole nitrogens is 1. The Hall–Kier alpha value is -1.39. The van der Waals surface area contributed by atoms with E-state index in [1.165, 1.54) is 0 Å². The van der Waals surface area contributed by atoms with Gasteiger partial charge in [0.25, 0.3) is 5.91 Å². The van der Waals surface area contributed by atoms with Crippen molar-refractivity contribution in [3.63, 3.8) is 0 Å². The maximum absolute atomic E-state index is 11.8. The van der Waals surface area contributed by atoms with E-state index in [1.54, 1.807) is 11.9 Å². The molecule has 0 fully saturated rings. The average molecular weight is 210 g/mol. The largest absolute Gasteiger partial charge is 0.339 e. The number of nitrogens with zero attached hydrogens (tertiary/aromatic N) is 3. The second kappa shape index (κ2) is 4.91. The van der Waals surface area contributed by atoms with E-state index in [9.17, 15) is 4.79 Å². The highest BCUT2D eigenvalue weighted by atomic mass is 16.2. The Morgan fingerprint density at radius 2 is 2.20 bits per heavy atom. The fourth-order valence-corrected chi connectivity index (χ4v) is 1.24. The molecule has 1 aromatic rings. The van der Waals surface area contributed by atoms with Gasteiger partial charge in [0, 0.05) is 19.5 Å². The van der Waals surface area contributed by atoms with Gasteiger partial charge in [0.1, 0.15) is 5.82 Å². The van der Waals surface area contributed by atoms with Crippen molar-refractivity contribution in [2.75, 3.05) is 13.6 Å². The van der Waals surface area contributed by atoms with Crippen LogP contribution >= 0.6 is 0 Å². The normalized spacial score (nSPS) is 10.7. The van der Waals surface area contributed by atoms with Crippen LogP contribution in [0.1, 0.15) is 49.6 Å². The molecule has 0 aliphatic heterocycles. The Bertz CT molecular complexity index is 332. The molecule has 1 rings (SSSR count). The highest BCUT2D eigenvalue weighted by Gasteiger charge is 2.17. The molecule has 1 N–H and O–H groups in total. The van der Waals surface area contributed by atoms with Crippen molar-refractivity contribution in [1.29, 1.82) is 0 Å². The van der Waals surface area contributed by atoms with Crippen molar-refractivity contribution in [3.8, 4) is 0 Å². The molecule has 84 valence electrons. The molecule has 5 heteroatoms. The lowest BCUT2D eigenvalue weighted by molar-refractivity contribution is 0.0783. The van der Waals surface area contributed by atoms with E-state index in [4.69, 9.17) is 0 Å². The van der Waals surface area contributed by atoms with Crippen LogP contribution in [0.2, 0.25) is 0 Å². The molecule has 1 amide bonds. The number of nitrogens with one attached hydrogen (secondary N) is 1. The first-order valence-corrected chi connectivity index (χ1v) is 5.24. The maximum Gasteiger partial charge on any atom is 0.293 e. The number of hydrogen-bond acceptors (Lipinski definition) is 3. The van der Waals surface area contributed by atoms with Gasteiger partial charge in [-0.15, -0.1) is 5.10 Å². The Kier molecular flexibility index (Phi) is 3.82. The van der Waals surface area contributed by atoms with Crippen LogP contribution in [-0.2, 0) is 0 Å².